The summed E-state index contributed by atoms with van der Waals surface area (Å²) in [5, 5.41) is 0. The van der Waals surface area contributed by atoms with Crippen LogP contribution in [0.2, 0.25) is 0 Å². The van der Waals surface area contributed by atoms with Crippen molar-refractivity contribution in [1.29, 1.82) is 0 Å². The Morgan fingerprint density at radius 1 is 1.00 bits per heavy atom. The van der Waals surface area contributed by atoms with Gasteiger partial charge >= 0.3 is 0 Å². The Kier molecular flexibility index (Phi) is 9.75. The van der Waals surface area contributed by atoms with Crippen molar-refractivity contribution in [2.24, 2.45) is 0 Å². The van der Waals surface area contributed by atoms with Crippen LogP contribution >= 0.6 is 81.8 Å². The smallest absolute Gasteiger partial charge is 0.0664 e. The van der Waals surface area contributed by atoms with Gasteiger partial charge in [0.25, 0.3) is 3.25 Å². The average Bonchev–Trinajstić information content (AvgIpc) is 1.19. The second-order valence-electron chi connectivity index (χ2n) is 0.654. The van der Waals surface area contributed by atoms with E-state index in [9.17, 15) is 0 Å². The standard InChI is InChI=1S/CCl4.CCl2S/c2-1(3,4)5;2-1(3)4. The van der Waals surface area contributed by atoms with Crippen LogP contribution in [0.1, 0.15) is 0 Å². The predicted molar refractivity (Wildman–Crippen MR) is 50.4 cm³/mol. The number of rotatable bonds is 0. The van der Waals surface area contributed by atoms with Gasteiger partial charge in [-0.3, -0.25) is 0 Å². The fourth-order valence-electron chi connectivity index (χ4n) is 0. The summed E-state index contributed by atoms with van der Waals surface area (Å²) in [6.07, 6.45) is 0. The van der Waals surface area contributed by atoms with Crippen molar-refractivity contribution < 1.29 is 0 Å². The molecule has 0 aliphatic carbocycles. The minimum atomic E-state index is -1.61. The first-order valence-corrected chi connectivity index (χ1v) is 4.01. The second kappa shape index (κ2) is 6.53. The van der Waals surface area contributed by atoms with Crippen LogP contribution in [-0.4, -0.2) is 7.03 Å². The van der Waals surface area contributed by atoms with Crippen LogP contribution in [-0.2, 0) is 0 Å². The van der Waals surface area contributed by atoms with E-state index in [1.165, 1.54) is 0 Å². The van der Waals surface area contributed by atoms with Crippen LogP contribution in [0.5, 0.6) is 0 Å². The third-order valence-corrected chi connectivity index (χ3v) is 0. The van der Waals surface area contributed by atoms with Gasteiger partial charge in [0.1, 0.15) is 0 Å². The molecule has 0 saturated heterocycles. The molecule has 56 valence electrons. The van der Waals surface area contributed by atoms with E-state index in [4.69, 9.17) is 69.6 Å². The third-order valence-electron chi connectivity index (χ3n) is 0. The Balaban J connectivity index is 0. The van der Waals surface area contributed by atoms with Gasteiger partial charge in [-0.1, -0.05) is 81.8 Å². The van der Waals surface area contributed by atoms with E-state index in [1.807, 2.05) is 0 Å². The fourth-order valence-corrected chi connectivity index (χ4v) is 0. The molecule has 0 heterocycles. The molecule has 0 nitrogen and oxygen atoms in total. The van der Waals surface area contributed by atoms with Crippen molar-refractivity contribution in [2.75, 3.05) is 0 Å². The Bertz CT molecular complexity index is 73.5. The van der Waals surface area contributed by atoms with Gasteiger partial charge in [0.15, 0.2) is 3.78 Å². The van der Waals surface area contributed by atoms with Gasteiger partial charge in [-0.05, 0) is 0 Å². The van der Waals surface area contributed by atoms with E-state index in [0.717, 1.165) is 0 Å². The SMILES string of the molecule is ClC(Cl)(Cl)Cl.S=C(Cl)Cl. The molecule has 0 bridgehead atoms. The minimum Gasteiger partial charge on any atom is -0.0664 e. The maximum absolute atomic E-state index is 4.83. The normalized spacial score (nSPS) is 9.56. The molecule has 9 heavy (non-hydrogen) atoms. The first kappa shape index (κ1) is 13.4. The highest BCUT2D eigenvalue weighted by molar-refractivity contribution is 7.86. The highest BCUT2D eigenvalue weighted by Gasteiger charge is 2.11. The number of halogens is 6. The summed E-state index contributed by atoms with van der Waals surface area (Å²) in [5.74, 6) is 0. The van der Waals surface area contributed by atoms with E-state index < -0.39 is 3.25 Å². The van der Waals surface area contributed by atoms with Gasteiger partial charge in [0.2, 0.25) is 0 Å². The maximum Gasteiger partial charge on any atom is 0.266 e. The third kappa shape index (κ3) is 180. The van der Waals surface area contributed by atoms with Crippen molar-refractivity contribution in [2.45, 2.75) is 3.25 Å². The predicted octanol–water partition coefficient (Wildman–Crippen LogP) is 4.30. The summed E-state index contributed by atoms with van der Waals surface area (Å²) in [4.78, 5) is 0. The summed E-state index contributed by atoms with van der Waals surface area (Å²) in [6, 6.07) is 0. The number of hydrogen-bond acceptors (Lipinski definition) is 1. The number of hydrogen-bond donors (Lipinski definition) is 0. The molecular weight excluding hydrogens is 269 g/mol. The topological polar surface area (TPSA) is 0 Å². The fraction of sp³-hybridized carbons (Fsp3) is 0.500. The van der Waals surface area contributed by atoms with Gasteiger partial charge in [0, 0.05) is 0 Å². The summed E-state index contributed by atoms with van der Waals surface area (Å²) in [7, 11) is 0. The van der Waals surface area contributed by atoms with Gasteiger partial charge in [-0.15, -0.1) is 0 Å². The van der Waals surface area contributed by atoms with E-state index in [1.54, 1.807) is 0 Å². The zero-order valence-corrected chi connectivity index (χ0v) is 9.03. The van der Waals surface area contributed by atoms with Gasteiger partial charge in [0.05, 0.1) is 0 Å². The molecule has 7 heteroatoms. The van der Waals surface area contributed by atoms with Crippen molar-refractivity contribution in [1.82, 2.24) is 0 Å². The van der Waals surface area contributed by atoms with Crippen LogP contribution < -0.4 is 0 Å². The Hall–Kier alpha value is 1.83. The largest absolute Gasteiger partial charge is 0.266 e. The van der Waals surface area contributed by atoms with Crippen LogP contribution in [0.3, 0.4) is 0 Å². The van der Waals surface area contributed by atoms with E-state index in [2.05, 4.69) is 12.2 Å². The lowest BCUT2D eigenvalue weighted by atomic mass is 11.8. The molecule has 0 saturated carbocycles. The molecule has 0 fully saturated rings. The van der Waals surface area contributed by atoms with E-state index >= 15 is 0 Å². The molecule has 0 aromatic rings. The first-order valence-electron chi connectivity index (χ1n) is 1.34. The van der Waals surface area contributed by atoms with Crippen LogP contribution in [0, 0.1) is 0 Å². The molecular formula is C2Cl6S. The maximum atomic E-state index is 4.83. The quantitative estimate of drug-likeness (QED) is 0.359. The van der Waals surface area contributed by atoms with Crippen molar-refractivity contribution >= 4 is 85.6 Å². The second-order valence-corrected chi connectivity index (χ2v) is 5.89. The zero-order chi connectivity index (χ0) is 8.08. The lowest BCUT2D eigenvalue weighted by molar-refractivity contribution is 1.76. The van der Waals surface area contributed by atoms with Crippen molar-refractivity contribution in [3.63, 3.8) is 0 Å². The summed E-state index contributed by atoms with van der Waals surface area (Å²) in [6.45, 7) is 0. The molecule has 0 rings (SSSR count). The van der Waals surface area contributed by atoms with Crippen LogP contribution in [0.15, 0.2) is 0 Å². The molecule has 0 radical (unpaired) electrons. The first-order chi connectivity index (χ1) is 3.73. The Morgan fingerprint density at radius 3 is 1.00 bits per heavy atom. The molecule has 0 amide bonds. The molecule has 0 aliphatic heterocycles. The Morgan fingerprint density at radius 2 is 1.00 bits per heavy atom. The van der Waals surface area contributed by atoms with Crippen molar-refractivity contribution in [3.8, 4) is 0 Å². The average molecular weight is 269 g/mol. The highest BCUT2D eigenvalue weighted by atomic mass is 35.6. The van der Waals surface area contributed by atoms with E-state index in [-0.39, 0.29) is 3.78 Å². The summed E-state index contributed by atoms with van der Waals surface area (Å²) >= 11 is 32.9. The van der Waals surface area contributed by atoms with E-state index in [0.29, 0.717) is 0 Å². The lowest BCUT2D eigenvalue weighted by Crippen LogP contribution is -1.81. The molecule has 0 atom stereocenters. The van der Waals surface area contributed by atoms with Crippen molar-refractivity contribution in [3.05, 3.63) is 0 Å². The summed E-state index contributed by atoms with van der Waals surface area (Å²) < 4.78 is -1.67. The summed E-state index contributed by atoms with van der Waals surface area (Å²) in [5.41, 5.74) is 0. The molecule has 0 aliphatic rings. The van der Waals surface area contributed by atoms with Gasteiger partial charge in [-0.2, -0.15) is 0 Å². The minimum absolute atomic E-state index is 0.0556. The van der Waals surface area contributed by atoms with Gasteiger partial charge < -0.3 is 0 Å². The zero-order valence-electron chi connectivity index (χ0n) is 3.68. The number of alkyl halides is 4. The molecule has 0 spiro atoms. The number of thiocarbonyl (C=S) groups is 1. The lowest BCUT2D eigenvalue weighted by Gasteiger charge is -1.91. The molecule has 0 aromatic carbocycles. The molecule has 0 N–H and O–H groups in total. The molecule has 0 aromatic heterocycles. The Labute approximate surface area is 88.3 Å². The van der Waals surface area contributed by atoms with Crippen LogP contribution in [0.4, 0.5) is 0 Å². The monoisotopic (exact) mass is 266 g/mol. The highest BCUT2D eigenvalue weighted by Crippen LogP contribution is 2.29. The van der Waals surface area contributed by atoms with Gasteiger partial charge in [-0.25, -0.2) is 0 Å². The molecule has 0 unspecified atom stereocenters. The van der Waals surface area contributed by atoms with Crippen LogP contribution in [0.25, 0.3) is 0 Å².